The largest absolute Gasteiger partial charge is 0.469 e. The van der Waals surface area contributed by atoms with Gasteiger partial charge in [-0.25, -0.2) is 0 Å². The first-order valence-corrected chi connectivity index (χ1v) is 6.62. The summed E-state index contributed by atoms with van der Waals surface area (Å²) < 4.78 is 10.1. The molecular formula is C13H25ClN2O4. The molecule has 20 heavy (non-hydrogen) atoms. The highest BCUT2D eigenvalue weighted by Gasteiger charge is 2.32. The lowest BCUT2D eigenvalue weighted by atomic mass is 9.98. The Kier molecular flexibility index (Phi) is 8.08. The monoisotopic (exact) mass is 308 g/mol. The molecule has 1 heterocycles. The number of methoxy groups -OCH3 is 1. The lowest BCUT2D eigenvalue weighted by Gasteiger charge is -2.27. The Balaban J connectivity index is 0.00000361. The summed E-state index contributed by atoms with van der Waals surface area (Å²) in [6.07, 6.45) is 1.87. The van der Waals surface area contributed by atoms with Gasteiger partial charge in [-0.1, -0.05) is 0 Å². The molecular weight excluding hydrogens is 284 g/mol. The zero-order valence-electron chi connectivity index (χ0n) is 12.3. The van der Waals surface area contributed by atoms with Crippen molar-refractivity contribution in [3.63, 3.8) is 0 Å². The van der Waals surface area contributed by atoms with E-state index in [4.69, 9.17) is 10.5 Å². The number of esters is 1. The molecule has 3 N–H and O–H groups in total. The Labute approximate surface area is 126 Å². The van der Waals surface area contributed by atoms with Gasteiger partial charge in [0.2, 0.25) is 5.91 Å². The third-order valence-electron chi connectivity index (χ3n) is 3.31. The smallest absolute Gasteiger partial charge is 0.305 e. The van der Waals surface area contributed by atoms with Crippen LogP contribution in [0.25, 0.3) is 0 Å². The molecule has 0 aliphatic carbocycles. The number of hydrogen-bond acceptors (Lipinski definition) is 5. The van der Waals surface area contributed by atoms with Crippen molar-refractivity contribution in [2.45, 2.75) is 57.3 Å². The van der Waals surface area contributed by atoms with E-state index in [2.05, 4.69) is 10.1 Å². The summed E-state index contributed by atoms with van der Waals surface area (Å²) in [4.78, 5) is 23.2. The maximum atomic E-state index is 12.0. The zero-order chi connectivity index (χ0) is 14.5. The minimum absolute atomic E-state index is 0. The van der Waals surface area contributed by atoms with Crippen LogP contribution < -0.4 is 11.1 Å². The van der Waals surface area contributed by atoms with E-state index in [1.54, 1.807) is 0 Å². The molecule has 0 aromatic carbocycles. The van der Waals surface area contributed by atoms with E-state index in [1.165, 1.54) is 7.11 Å². The molecule has 7 heteroatoms. The van der Waals surface area contributed by atoms with Crippen LogP contribution >= 0.6 is 12.4 Å². The van der Waals surface area contributed by atoms with E-state index in [1.807, 2.05) is 13.8 Å². The van der Waals surface area contributed by atoms with Crippen LogP contribution in [-0.4, -0.2) is 43.3 Å². The van der Waals surface area contributed by atoms with Crippen molar-refractivity contribution >= 4 is 24.3 Å². The zero-order valence-corrected chi connectivity index (χ0v) is 13.1. The molecule has 1 saturated heterocycles. The second-order valence-electron chi connectivity index (χ2n) is 5.51. The Bertz CT molecular complexity index is 336. The number of hydrogen-bond donors (Lipinski definition) is 2. The maximum absolute atomic E-state index is 12.0. The lowest BCUT2D eigenvalue weighted by Crippen LogP contribution is -2.48. The first kappa shape index (κ1) is 19.1. The molecule has 0 saturated carbocycles. The summed E-state index contributed by atoms with van der Waals surface area (Å²) in [5.74, 6) is -0.409. The van der Waals surface area contributed by atoms with E-state index in [9.17, 15) is 9.59 Å². The van der Waals surface area contributed by atoms with Crippen LogP contribution in [0, 0.1) is 0 Å². The number of nitrogens with one attached hydrogen (secondary N) is 1. The highest BCUT2D eigenvalue weighted by Crippen LogP contribution is 2.20. The van der Waals surface area contributed by atoms with Gasteiger partial charge < -0.3 is 20.5 Å². The van der Waals surface area contributed by atoms with Gasteiger partial charge in [-0.15, -0.1) is 12.4 Å². The molecule has 0 radical (unpaired) electrons. The molecule has 0 spiro atoms. The molecule has 1 fully saturated rings. The number of nitrogens with two attached hydrogens (primary N) is 1. The van der Waals surface area contributed by atoms with Gasteiger partial charge in [0.05, 0.1) is 13.2 Å². The van der Waals surface area contributed by atoms with Crippen molar-refractivity contribution in [3.8, 4) is 0 Å². The molecule has 1 amide bonds. The van der Waals surface area contributed by atoms with Gasteiger partial charge in [-0.05, 0) is 33.1 Å². The predicted molar refractivity (Wildman–Crippen MR) is 77.7 cm³/mol. The van der Waals surface area contributed by atoms with Gasteiger partial charge in [0.25, 0.3) is 0 Å². The topological polar surface area (TPSA) is 90.7 Å². The number of amides is 1. The van der Waals surface area contributed by atoms with Gasteiger partial charge in [0, 0.05) is 18.5 Å². The van der Waals surface area contributed by atoms with Gasteiger partial charge in [0.1, 0.15) is 6.10 Å². The van der Waals surface area contributed by atoms with Crippen molar-refractivity contribution in [1.82, 2.24) is 5.32 Å². The quantitative estimate of drug-likeness (QED) is 0.707. The number of carbonyl (C=O) groups is 2. The predicted octanol–water partition coefficient (Wildman–Crippen LogP) is 0.762. The number of rotatable bonds is 6. The number of ether oxygens (including phenoxy) is 2. The molecule has 1 rings (SSSR count). The summed E-state index contributed by atoms with van der Waals surface area (Å²) in [7, 11) is 1.35. The van der Waals surface area contributed by atoms with E-state index >= 15 is 0 Å². The average Bonchev–Trinajstić information content (AvgIpc) is 2.84. The van der Waals surface area contributed by atoms with Crippen molar-refractivity contribution in [3.05, 3.63) is 0 Å². The first-order valence-electron chi connectivity index (χ1n) is 6.62. The molecule has 0 bridgehead atoms. The summed E-state index contributed by atoms with van der Waals surface area (Å²) in [5.41, 5.74) is 5.05. The van der Waals surface area contributed by atoms with Crippen molar-refractivity contribution in [2.24, 2.45) is 5.73 Å². The summed E-state index contributed by atoms with van der Waals surface area (Å²) >= 11 is 0. The van der Waals surface area contributed by atoms with Crippen LogP contribution in [0.3, 0.4) is 0 Å². The normalized spacial score (nSPS) is 22.0. The van der Waals surface area contributed by atoms with Gasteiger partial charge in [0.15, 0.2) is 0 Å². The lowest BCUT2D eigenvalue weighted by molar-refractivity contribution is -0.141. The van der Waals surface area contributed by atoms with Gasteiger partial charge in [-0.3, -0.25) is 9.59 Å². The summed E-state index contributed by atoms with van der Waals surface area (Å²) in [6, 6.07) is 0. The van der Waals surface area contributed by atoms with Gasteiger partial charge >= 0.3 is 5.97 Å². The average molecular weight is 309 g/mol. The minimum atomic E-state index is -0.463. The summed E-state index contributed by atoms with van der Waals surface area (Å²) in [5, 5.41) is 2.91. The maximum Gasteiger partial charge on any atom is 0.305 e. The Hall–Kier alpha value is -0.850. The van der Waals surface area contributed by atoms with Crippen LogP contribution in [0.1, 0.15) is 39.5 Å². The van der Waals surface area contributed by atoms with Gasteiger partial charge in [-0.2, -0.15) is 0 Å². The van der Waals surface area contributed by atoms with E-state index in [-0.39, 0.29) is 36.8 Å². The van der Waals surface area contributed by atoms with Crippen molar-refractivity contribution in [2.75, 3.05) is 13.7 Å². The Morgan fingerprint density at radius 1 is 1.40 bits per heavy atom. The van der Waals surface area contributed by atoms with Crippen LogP contribution in [0.5, 0.6) is 0 Å². The Morgan fingerprint density at radius 2 is 2.05 bits per heavy atom. The molecule has 0 unspecified atom stereocenters. The molecule has 118 valence electrons. The fraction of sp³-hybridized carbons (Fsp3) is 0.846. The van der Waals surface area contributed by atoms with Crippen LogP contribution in [0.2, 0.25) is 0 Å². The van der Waals surface area contributed by atoms with Crippen molar-refractivity contribution < 1.29 is 19.1 Å². The molecule has 1 aliphatic heterocycles. The fourth-order valence-electron chi connectivity index (χ4n) is 2.07. The second kappa shape index (κ2) is 8.44. The Morgan fingerprint density at radius 3 is 2.55 bits per heavy atom. The van der Waals surface area contributed by atoms with E-state index < -0.39 is 11.6 Å². The minimum Gasteiger partial charge on any atom is -0.469 e. The number of halogens is 1. The SMILES string of the molecule is COC(=O)CCC(C)(C)NC(=O)[C@@H]1CC[C@H](CN)O1.Cl. The third-order valence-corrected chi connectivity index (χ3v) is 3.31. The fourth-order valence-corrected chi connectivity index (χ4v) is 2.07. The molecule has 6 nitrogen and oxygen atoms in total. The third kappa shape index (κ3) is 6.07. The number of carbonyl (C=O) groups excluding carboxylic acids is 2. The van der Waals surface area contributed by atoms with E-state index in [0.717, 1.165) is 6.42 Å². The summed E-state index contributed by atoms with van der Waals surface area (Å²) in [6.45, 7) is 4.20. The molecule has 0 aromatic heterocycles. The standard InChI is InChI=1S/C13H24N2O4.ClH/c1-13(2,7-6-11(16)18-3)15-12(17)10-5-4-9(8-14)19-10;/h9-10H,4-8,14H2,1-3H3,(H,15,17);1H/t9-,10+;/m1./s1. The van der Waals surface area contributed by atoms with Crippen LogP contribution in [0.4, 0.5) is 0 Å². The van der Waals surface area contributed by atoms with Crippen LogP contribution in [0.15, 0.2) is 0 Å². The molecule has 1 aliphatic rings. The molecule has 2 atom stereocenters. The van der Waals surface area contributed by atoms with E-state index in [0.29, 0.717) is 19.4 Å². The van der Waals surface area contributed by atoms with Crippen molar-refractivity contribution in [1.29, 1.82) is 0 Å². The second-order valence-corrected chi connectivity index (χ2v) is 5.51. The molecule has 0 aromatic rings. The van der Waals surface area contributed by atoms with Crippen LogP contribution in [-0.2, 0) is 19.1 Å². The highest BCUT2D eigenvalue weighted by atomic mass is 35.5. The first-order chi connectivity index (χ1) is 8.88. The highest BCUT2D eigenvalue weighted by molar-refractivity contribution is 5.85.